The number of nitriles is 1. The molecule has 1 atom stereocenters. The lowest BCUT2D eigenvalue weighted by atomic mass is 10.1. The van der Waals surface area contributed by atoms with Gasteiger partial charge in [0.15, 0.2) is 0 Å². The van der Waals surface area contributed by atoms with E-state index >= 15 is 0 Å². The number of likely N-dealkylation sites (tertiary alicyclic amines) is 1. The molecule has 0 bridgehead atoms. The molecule has 2 aromatic rings. The number of anilines is 1. The van der Waals surface area contributed by atoms with Crippen molar-refractivity contribution < 1.29 is 4.79 Å². The van der Waals surface area contributed by atoms with Crippen LogP contribution in [0.3, 0.4) is 0 Å². The number of rotatable bonds is 7. The van der Waals surface area contributed by atoms with Gasteiger partial charge in [0, 0.05) is 18.8 Å². The van der Waals surface area contributed by atoms with Gasteiger partial charge >= 0.3 is 0 Å². The van der Waals surface area contributed by atoms with Gasteiger partial charge in [0.25, 0.3) is 0 Å². The number of nitrogens with zero attached hydrogens (tertiary/aromatic N) is 2. The number of carbonyl (C=O) groups is 1. The number of carbonyl (C=O) groups excluding carboxylic acids is 1. The normalized spacial score (nSPS) is 15.3. The second-order valence-electron chi connectivity index (χ2n) is 7.04. The first kappa shape index (κ1) is 19.1. The third-order valence-corrected chi connectivity index (χ3v) is 4.96. The summed E-state index contributed by atoms with van der Waals surface area (Å²) in [5.41, 5.74) is 3.73. The zero-order chi connectivity index (χ0) is 19.1. The third-order valence-electron chi connectivity index (χ3n) is 4.96. The lowest BCUT2D eigenvalue weighted by molar-refractivity contribution is -0.117. The fourth-order valence-corrected chi connectivity index (χ4v) is 3.34. The third kappa shape index (κ3) is 5.40. The Kier molecular flexibility index (Phi) is 6.59. The number of benzene rings is 2. The number of hydrogen-bond donors (Lipinski definition) is 2. The summed E-state index contributed by atoms with van der Waals surface area (Å²) in [7, 11) is 0. The van der Waals surface area contributed by atoms with Crippen LogP contribution in [-0.4, -0.2) is 29.9 Å². The molecule has 5 heteroatoms. The van der Waals surface area contributed by atoms with Crippen LogP contribution in [0.4, 0.5) is 5.69 Å². The topological polar surface area (TPSA) is 68.2 Å². The van der Waals surface area contributed by atoms with Gasteiger partial charge in [0.2, 0.25) is 5.91 Å². The van der Waals surface area contributed by atoms with Gasteiger partial charge in [-0.15, -0.1) is 0 Å². The number of hydrogen-bond acceptors (Lipinski definition) is 4. The van der Waals surface area contributed by atoms with E-state index in [0.29, 0.717) is 17.8 Å². The van der Waals surface area contributed by atoms with Gasteiger partial charge in [-0.05, 0) is 62.2 Å². The molecular weight excluding hydrogens is 336 g/mol. The van der Waals surface area contributed by atoms with Crippen molar-refractivity contribution in [3.05, 3.63) is 65.2 Å². The Bertz CT molecular complexity index is 821. The molecule has 0 spiro atoms. The molecular formula is C22H26N4O. The molecule has 3 rings (SSSR count). The molecule has 5 nitrogen and oxygen atoms in total. The second-order valence-corrected chi connectivity index (χ2v) is 7.04. The van der Waals surface area contributed by atoms with Crippen molar-refractivity contribution in [2.45, 2.75) is 38.9 Å². The molecule has 27 heavy (non-hydrogen) atoms. The van der Waals surface area contributed by atoms with E-state index in [-0.39, 0.29) is 11.9 Å². The average molecular weight is 362 g/mol. The van der Waals surface area contributed by atoms with Crippen molar-refractivity contribution in [2.75, 3.05) is 18.4 Å². The second kappa shape index (κ2) is 9.31. The van der Waals surface area contributed by atoms with Crippen LogP contribution in [0, 0.1) is 11.3 Å². The summed E-state index contributed by atoms with van der Waals surface area (Å²) >= 11 is 0. The molecule has 1 amide bonds. The van der Waals surface area contributed by atoms with E-state index in [0.717, 1.165) is 6.54 Å². The molecule has 2 aromatic carbocycles. The minimum absolute atomic E-state index is 0.109. The Labute approximate surface area is 161 Å². The van der Waals surface area contributed by atoms with Gasteiger partial charge in [-0.2, -0.15) is 5.26 Å². The minimum atomic E-state index is -0.337. The summed E-state index contributed by atoms with van der Waals surface area (Å²) in [6.07, 6.45) is 2.56. The Morgan fingerprint density at radius 1 is 1.15 bits per heavy atom. The first-order valence-electron chi connectivity index (χ1n) is 9.49. The van der Waals surface area contributed by atoms with Crippen molar-refractivity contribution >= 4 is 11.6 Å². The standard InChI is InChI=1S/C22H26N4O/c1-17(22(27)25-21-10-6-7-18(13-21)14-23)24-15-19-8-2-3-9-20(19)16-26-11-4-5-12-26/h2-3,6-10,13,17,24H,4-5,11-12,15-16H2,1H3,(H,25,27)/t17-/m1/s1. The maximum atomic E-state index is 12.4. The van der Waals surface area contributed by atoms with Crippen LogP contribution >= 0.6 is 0 Å². The highest BCUT2D eigenvalue weighted by Gasteiger charge is 2.16. The van der Waals surface area contributed by atoms with Gasteiger partial charge in [-0.3, -0.25) is 9.69 Å². The summed E-state index contributed by atoms with van der Waals surface area (Å²) in [4.78, 5) is 14.9. The van der Waals surface area contributed by atoms with Gasteiger partial charge in [0.05, 0.1) is 17.7 Å². The van der Waals surface area contributed by atoms with Crippen molar-refractivity contribution in [3.63, 3.8) is 0 Å². The SMILES string of the molecule is C[C@@H](NCc1ccccc1CN1CCCC1)C(=O)Nc1cccc(C#N)c1. The van der Waals surface area contributed by atoms with Crippen molar-refractivity contribution in [1.29, 1.82) is 5.26 Å². The van der Waals surface area contributed by atoms with Crippen LogP contribution in [0.5, 0.6) is 0 Å². The molecule has 1 heterocycles. The van der Waals surface area contributed by atoms with Gasteiger partial charge in [-0.1, -0.05) is 30.3 Å². The Morgan fingerprint density at radius 2 is 1.89 bits per heavy atom. The molecule has 140 valence electrons. The Morgan fingerprint density at radius 3 is 2.63 bits per heavy atom. The van der Waals surface area contributed by atoms with Crippen LogP contribution in [0.2, 0.25) is 0 Å². The molecule has 0 radical (unpaired) electrons. The summed E-state index contributed by atoms with van der Waals surface area (Å²) in [5, 5.41) is 15.1. The fourth-order valence-electron chi connectivity index (χ4n) is 3.34. The van der Waals surface area contributed by atoms with E-state index < -0.39 is 0 Å². The predicted octanol–water partition coefficient (Wildman–Crippen LogP) is 3.27. The quantitative estimate of drug-likeness (QED) is 0.793. The minimum Gasteiger partial charge on any atom is -0.325 e. The smallest absolute Gasteiger partial charge is 0.241 e. The maximum absolute atomic E-state index is 12.4. The van der Waals surface area contributed by atoms with Crippen molar-refractivity contribution in [3.8, 4) is 6.07 Å². The van der Waals surface area contributed by atoms with E-state index in [2.05, 4.69) is 39.8 Å². The lowest BCUT2D eigenvalue weighted by Gasteiger charge is -2.19. The molecule has 0 aromatic heterocycles. The monoisotopic (exact) mass is 362 g/mol. The summed E-state index contributed by atoms with van der Waals surface area (Å²) in [6, 6.07) is 17.1. The number of nitrogens with one attached hydrogen (secondary N) is 2. The molecule has 1 fully saturated rings. The van der Waals surface area contributed by atoms with Crippen molar-refractivity contribution in [2.24, 2.45) is 0 Å². The highest BCUT2D eigenvalue weighted by Crippen LogP contribution is 2.16. The van der Waals surface area contributed by atoms with Gasteiger partial charge < -0.3 is 10.6 Å². The van der Waals surface area contributed by atoms with E-state index in [9.17, 15) is 4.79 Å². The van der Waals surface area contributed by atoms with Crippen molar-refractivity contribution in [1.82, 2.24) is 10.2 Å². The van der Waals surface area contributed by atoms with Crippen LogP contribution in [0.1, 0.15) is 36.5 Å². The zero-order valence-electron chi connectivity index (χ0n) is 15.7. The van der Waals surface area contributed by atoms with Gasteiger partial charge in [-0.25, -0.2) is 0 Å². The molecule has 1 aliphatic heterocycles. The van der Waals surface area contributed by atoms with E-state index in [1.165, 1.54) is 37.1 Å². The highest BCUT2D eigenvalue weighted by molar-refractivity contribution is 5.94. The fraction of sp³-hybridized carbons (Fsp3) is 0.364. The highest BCUT2D eigenvalue weighted by atomic mass is 16.2. The van der Waals surface area contributed by atoms with Crippen LogP contribution in [0.25, 0.3) is 0 Å². The Hall–Kier alpha value is -2.68. The number of amides is 1. The molecule has 1 aliphatic rings. The largest absolute Gasteiger partial charge is 0.325 e. The van der Waals surface area contributed by atoms with Gasteiger partial charge in [0.1, 0.15) is 0 Å². The molecule has 2 N–H and O–H groups in total. The molecule has 0 aliphatic carbocycles. The summed E-state index contributed by atoms with van der Waals surface area (Å²) in [6.45, 7) is 5.81. The summed E-state index contributed by atoms with van der Waals surface area (Å²) < 4.78 is 0. The van der Waals surface area contributed by atoms with Crippen LogP contribution in [0.15, 0.2) is 48.5 Å². The summed E-state index contributed by atoms with van der Waals surface area (Å²) in [5.74, 6) is -0.109. The molecule has 0 unspecified atom stereocenters. The van der Waals surface area contributed by atoms with Crippen LogP contribution < -0.4 is 10.6 Å². The van der Waals surface area contributed by atoms with Crippen LogP contribution in [-0.2, 0) is 17.9 Å². The Balaban J connectivity index is 1.56. The predicted molar refractivity (Wildman–Crippen MR) is 107 cm³/mol. The molecule has 1 saturated heterocycles. The van der Waals surface area contributed by atoms with E-state index in [1.54, 1.807) is 24.3 Å². The van der Waals surface area contributed by atoms with E-state index in [1.807, 2.05) is 13.0 Å². The average Bonchev–Trinajstić information content (AvgIpc) is 3.20. The van der Waals surface area contributed by atoms with E-state index in [4.69, 9.17) is 5.26 Å². The molecule has 0 saturated carbocycles. The first-order chi connectivity index (χ1) is 13.2. The zero-order valence-corrected chi connectivity index (χ0v) is 15.7. The maximum Gasteiger partial charge on any atom is 0.241 e. The first-order valence-corrected chi connectivity index (χ1v) is 9.49. The lowest BCUT2D eigenvalue weighted by Crippen LogP contribution is -2.37.